The first-order valence-electron chi connectivity index (χ1n) is 6.21. The Morgan fingerprint density at radius 1 is 1.29 bits per heavy atom. The van der Waals surface area contributed by atoms with Crippen molar-refractivity contribution >= 4 is 38.1 Å². The van der Waals surface area contributed by atoms with Gasteiger partial charge in [-0.3, -0.25) is 0 Å². The van der Waals surface area contributed by atoms with Crippen LogP contribution in [0, 0.1) is 11.3 Å². The number of rotatable bonds is 3. The number of anilines is 3. The lowest BCUT2D eigenvalue weighted by Crippen LogP contribution is -1.94. The summed E-state index contributed by atoms with van der Waals surface area (Å²) in [6.07, 6.45) is 0. The topological polar surface area (TPSA) is 84.0 Å². The Kier molecular flexibility index (Phi) is 3.34. The number of nitrogens with one attached hydrogen (secondary N) is 1. The molecule has 3 rings (SSSR count). The van der Waals surface area contributed by atoms with E-state index in [0.717, 1.165) is 21.0 Å². The molecule has 3 N–H and O–H groups in total. The fraction of sp³-hybridized carbons (Fsp3) is 0.0667. The molecule has 5 nitrogen and oxygen atoms in total. The lowest BCUT2D eigenvalue weighted by Gasteiger charge is -2.08. The third-order valence-electron chi connectivity index (χ3n) is 2.98. The van der Waals surface area contributed by atoms with Gasteiger partial charge in [-0.15, -0.1) is 0 Å². The molecule has 0 aliphatic carbocycles. The molecule has 1 aromatic heterocycles. The predicted molar refractivity (Wildman–Crippen MR) is 85.0 cm³/mol. The maximum absolute atomic E-state index is 8.91. The van der Waals surface area contributed by atoms with E-state index in [1.165, 1.54) is 11.3 Å². The third kappa shape index (κ3) is 2.59. The molecule has 0 spiro atoms. The molecule has 0 unspecified atom stereocenters. The number of thiazole rings is 1. The van der Waals surface area contributed by atoms with E-state index in [1.54, 1.807) is 25.3 Å². The highest BCUT2D eigenvalue weighted by atomic mass is 32.1. The summed E-state index contributed by atoms with van der Waals surface area (Å²) in [5.41, 5.74) is 8.70. The van der Waals surface area contributed by atoms with E-state index in [-0.39, 0.29) is 0 Å². The summed E-state index contributed by atoms with van der Waals surface area (Å²) in [6.45, 7) is 0. The van der Waals surface area contributed by atoms with Gasteiger partial charge in [0.25, 0.3) is 0 Å². The fourth-order valence-electron chi connectivity index (χ4n) is 1.97. The van der Waals surface area contributed by atoms with Crippen molar-refractivity contribution in [3.8, 4) is 11.8 Å². The fourth-order valence-corrected chi connectivity index (χ4v) is 2.90. The maximum Gasteiger partial charge on any atom is 0.188 e. The summed E-state index contributed by atoms with van der Waals surface area (Å²) in [6, 6.07) is 12.9. The summed E-state index contributed by atoms with van der Waals surface area (Å²) < 4.78 is 6.32. The molecule has 0 aliphatic rings. The second kappa shape index (κ2) is 5.31. The van der Waals surface area contributed by atoms with E-state index >= 15 is 0 Å². The quantitative estimate of drug-likeness (QED) is 0.723. The van der Waals surface area contributed by atoms with Gasteiger partial charge in [-0.1, -0.05) is 11.3 Å². The van der Waals surface area contributed by atoms with Gasteiger partial charge in [0.15, 0.2) is 5.13 Å². The lowest BCUT2D eigenvalue weighted by molar-refractivity contribution is 0.416. The molecule has 3 aromatic rings. The monoisotopic (exact) mass is 296 g/mol. The van der Waals surface area contributed by atoms with Gasteiger partial charge in [-0.25, -0.2) is 4.98 Å². The maximum atomic E-state index is 8.91. The second-order valence-electron chi connectivity index (χ2n) is 4.40. The Balaban J connectivity index is 1.96. The van der Waals surface area contributed by atoms with Crippen LogP contribution in [0.3, 0.4) is 0 Å². The number of nitrogens with zero attached hydrogens (tertiary/aromatic N) is 2. The standard InChI is InChI=1S/C15H12N4OS/c1-20-13-6-9(8-16)2-4-11(13)18-15-19-12-5-3-10(17)7-14(12)21-15/h2-7H,17H2,1H3,(H,18,19). The van der Waals surface area contributed by atoms with E-state index in [9.17, 15) is 0 Å². The van der Waals surface area contributed by atoms with Crippen molar-refractivity contribution in [3.05, 3.63) is 42.0 Å². The van der Waals surface area contributed by atoms with Crippen LogP contribution in [0.2, 0.25) is 0 Å². The van der Waals surface area contributed by atoms with Crippen LogP contribution in [0.25, 0.3) is 10.2 Å². The zero-order valence-electron chi connectivity index (χ0n) is 11.3. The van der Waals surface area contributed by atoms with E-state index in [0.29, 0.717) is 17.0 Å². The molecule has 0 bridgehead atoms. The molecule has 0 saturated heterocycles. The first-order valence-corrected chi connectivity index (χ1v) is 7.02. The first-order chi connectivity index (χ1) is 10.2. The molecule has 21 heavy (non-hydrogen) atoms. The van der Waals surface area contributed by atoms with E-state index < -0.39 is 0 Å². The summed E-state index contributed by atoms with van der Waals surface area (Å²) >= 11 is 1.51. The number of nitrogens with two attached hydrogens (primary N) is 1. The highest BCUT2D eigenvalue weighted by Gasteiger charge is 2.08. The molecular formula is C15H12N4OS. The molecule has 104 valence electrons. The second-order valence-corrected chi connectivity index (χ2v) is 5.43. The van der Waals surface area contributed by atoms with Crippen LogP contribution in [0.1, 0.15) is 5.56 Å². The van der Waals surface area contributed by atoms with E-state index in [4.69, 9.17) is 15.7 Å². The zero-order chi connectivity index (χ0) is 14.8. The normalized spacial score (nSPS) is 10.3. The lowest BCUT2D eigenvalue weighted by atomic mass is 10.2. The van der Waals surface area contributed by atoms with Gasteiger partial charge in [0, 0.05) is 11.8 Å². The van der Waals surface area contributed by atoms with Gasteiger partial charge in [-0.2, -0.15) is 5.26 Å². The van der Waals surface area contributed by atoms with Crippen molar-refractivity contribution in [1.82, 2.24) is 4.98 Å². The van der Waals surface area contributed by atoms with Crippen LogP contribution >= 0.6 is 11.3 Å². The average Bonchev–Trinajstić information content (AvgIpc) is 2.89. The summed E-state index contributed by atoms with van der Waals surface area (Å²) in [7, 11) is 1.57. The molecule has 0 atom stereocenters. The summed E-state index contributed by atoms with van der Waals surface area (Å²) in [4.78, 5) is 4.50. The number of hydrogen-bond donors (Lipinski definition) is 2. The molecule has 0 fully saturated rings. The average molecular weight is 296 g/mol. The number of aromatic nitrogens is 1. The molecule has 0 radical (unpaired) electrons. The van der Waals surface area contributed by atoms with Crippen LogP contribution in [0.5, 0.6) is 5.75 Å². The first kappa shape index (κ1) is 13.2. The smallest absolute Gasteiger partial charge is 0.188 e. The SMILES string of the molecule is COc1cc(C#N)ccc1Nc1nc2ccc(N)cc2s1. The van der Waals surface area contributed by atoms with Gasteiger partial charge in [-0.05, 0) is 30.3 Å². The van der Waals surface area contributed by atoms with Gasteiger partial charge in [0.1, 0.15) is 5.75 Å². The van der Waals surface area contributed by atoms with Crippen molar-refractivity contribution in [2.75, 3.05) is 18.2 Å². The number of ether oxygens (including phenoxy) is 1. The number of nitrogen functional groups attached to an aromatic ring is 1. The summed E-state index contributed by atoms with van der Waals surface area (Å²) in [5.74, 6) is 0.604. The van der Waals surface area contributed by atoms with Crippen LogP contribution in [-0.4, -0.2) is 12.1 Å². The largest absolute Gasteiger partial charge is 0.495 e. The minimum atomic E-state index is 0.550. The Bertz CT molecular complexity index is 850. The van der Waals surface area contributed by atoms with Crippen LogP contribution in [0.4, 0.5) is 16.5 Å². The molecule has 1 heterocycles. The molecule has 6 heteroatoms. The Hall–Kier alpha value is -2.78. The van der Waals surface area contributed by atoms with Gasteiger partial charge >= 0.3 is 0 Å². The number of fused-ring (bicyclic) bond motifs is 1. The van der Waals surface area contributed by atoms with Crippen molar-refractivity contribution in [3.63, 3.8) is 0 Å². The van der Waals surface area contributed by atoms with Gasteiger partial charge in [0.05, 0.1) is 34.6 Å². The number of hydrogen-bond acceptors (Lipinski definition) is 6. The van der Waals surface area contributed by atoms with Crippen molar-refractivity contribution in [1.29, 1.82) is 5.26 Å². The van der Waals surface area contributed by atoms with E-state index in [2.05, 4.69) is 16.4 Å². The number of methoxy groups -OCH3 is 1. The van der Waals surface area contributed by atoms with Crippen molar-refractivity contribution < 1.29 is 4.74 Å². The predicted octanol–water partition coefficient (Wildman–Crippen LogP) is 3.50. The molecule has 2 aromatic carbocycles. The van der Waals surface area contributed by atoms with Crippen molar-refractivity contribution in [2.24, 2.45) is 0 Å². The minimum absolute atomic E-state index is 0.550. The highest BCUT2D eigenvalue weighted by Crippen LogP contribution is 2.33. The third-order valence-corrected chi connectivity index (χ3v) is 3.92. The summed E-state index contributed by atoms with van der Waals surface area (Å²) in [5, 5.41) is 12.9. The van der Waals surface area contributed by atoms with E-state index in [1.807, 2.05) is 18.2 Å². The Morgan fingerprint density at radius 3 is 2.90 bits per heavy atom. The highest BCUT2D eigenvalue weighted by molar-refractivity contribution is 7.22. The van der Waals surface area contributed by atoms with Crippen LogP contribution in [0.15, 0.2) is 36.4 Å². The van der Waals surface area contributed by atoms with Gasteiger partial charge < -0.3 is 15.8 Å². The molecular weight excluding hydrogens is 284 g/mol. The zero-order valence-corrected chi connectivity index (χ0v) is 12.1. The Labute approximate surface area is 125 Å². The molecule has 0 aliphatic heterocycles. The van der Waals surface area contributed by atoms with Gasteiger partial charge in [0.2, 0.25) is 0 Å². The van der Waals surface area contributed by atoms with Crippen LogP contribution in [-0.2, 0) is 0 Å². The van der Waals surface area contributed by atoms with Crippen molar-refractivity contribution in [2.45, 2.75) is 0 Å². The molecule has 0 amide bonds. The Morgan fingerprint density at radius 2 is 2.14 bits per heavy atom. The van der Waals surface area contributed by atoms with Crippen LogP contribution < -0.4 is 15.8 Å². The minimum Gasteiger partial charge on any atom is -0.495 e. The molecule has 0 saturated carbocycles. The number of nitriles is 1. The number of benzene rings is 2.